The molecule has 3 heteroatoms. The van der Waals surface area contributed by atoms with Gasteiger partial charge in [-0.25, -0.2) is 9.18 Å². The second-order valence-corrected chi connectivity index (χ2v) is 6.31. The molecule has 0 radical (unpaired) electrons. The minimum atomic E-state index is -0.649. The molecule has 3 rings (SSSR count). The molecule has 0 heterocycles. The van der Waals surface area contributed by atoms with E-state index in [2.05, 4.69) is 6.58 Å². The predicted octanol–water partition coefficient (Wildman–Crippen LogP) is 4.28. The quantitative estimate of drug-likeness (QED) is 0.613. The van der Waals surface area contributed by atoms with Gasteiger partial charge in [-0.2, -0.15) is 0 Å². The maximum Gasteiger partial charge on any atom is 0.334 e. The van der Waals surface area contributed by atoms with Crippen molar-refractivity contribution in [3.05, 3.63) is 47.3 Å². The van der Waals surface area contributed by atoms with E-state index in [0.29, 0.717) is 24.3 Å². The molecule has 1 aromatic rings. The summed E-state index contributed by atoms with van der Waals surface area (Å²) in [5, 5.41) is 0. The monoisotopic (exact) mass is 288 g/mol. The van der Waals surface area contributed by atoms with Crippen molar-refractivity contribution < 1.29 is 13.9 Å². The molecule has 0 aliphatic heterocycles. The molecule has 1 saturated carbocycles. The number of benzene rings is 1. The van der Waals surface area contributed by atoms with Crippen LogP contribution in [0.2, 0.25) is 0 Å². The lowest BCUT2D eigenvalue weighted by molar-refractivity contribution is -0.163. The van der Waals surface area contributed by atoms with E-state index in [1.54, 1.807) is 13.0 Å². The summed E-state index contributed by atoms with van der Waals surface area (Å²) in [5.41, 5.74) is 1.35. The Labute approximate surface area is 125 Å². The molecule has 112 valence electrons. The molecule has 0 bridgehead atoms. The van der Waals surface area contributed by atoms with Crippen molar-refractivity contribution in [1.29, 1.82) is 0 Å². The van der Waals surface area contributed by atoms with Crippen molar-refractivity contribution in [3.63, 3.8) is 0 Å². The van der Waals surface area contributed by atoms with Crippen LogP contribution in [0, 0.1) is 11.7 Å². The third-order valence-corrected chi connectivity index (χ3v) is 4.96. The zero-order chi connectivity index (χ0) is 15.0. The Hall–Kier alpha value is -1.64. The second kappa shape index (κ2) is 5.28. The van der Waals surface area contributed by atoms with Gasteiger partial charge >= 0.3 is 5.97 Å². The molecule has 0 aromatic heterocycles. The van der Waals surface area contributed by atoms with Crippen molar-refractivity contribution >= 4 is 5.97 Å². The van der Waals surface area contributed by atoms with Crippen LogP contribution in [0.25, 0.3) is 0 Å². The molecular formula is C18H21FO2. The van der Waals surface area contributed by atoms with Crippen LogP contribution in [-0.2, 0) is 21.6 Å². The maximum atomic E-state index is 14.1. The summed E-state index contributed by atoms with van der Waals surface area (Å²) in [6.45, 7) is 5.34. The van der Waals surface area contributed by atoms with Gasteiger partial charge in [-0.15, -0.1) is 0 Å². The lowest BCUT2D eigenvalue weighted by Gasteiger charge is -2.36. The third-order valence-electron chi connectivity index (χ3n) is 4.96. The molecular weight excluding hydrogens is 267 g/mol. The summed E-state index contributed by atoms with van der Waals surface area (Å²) in [5.74, 6) is -0.249. The number of hydrogen-bond acceptors (Lipinski definition) is 2. The van der Waals surface area contributed by atoms with Crippen LogP contribution >= 0.6 is 0 Å². The van der Waals surface area contributed by atoms with Gasteiger partial charge in [-0.1, -0.05) is 31.6 Å². The van der Waals surface area contributed by atoms with Crippen LogP contribution in [0.4, 0.5) is 4.39 Å². The summed E-state index contributed by atoms with van der Waals surface area (Å²) in [6.07, 6.45) is 5.72. The highest BCUT2D eigenvalue weighted by Gasteiger charge is 2.49. The lowest BCUT2D eigenvalue weighted by atomic mass is 9.81. The Balaban J connectivity index is 2.05. The number of halogens is 1. The smallest absolute Gasteiger partial charge is 0.334 e. The van der Waals surface area contributed by atoms with E-state index >= 15 is 0 Å². The number of carbonyl (C=O) groups excluding carboxylic acids is 1. The fourth-order valence-electron chi connectivity index (χ4n) is 3.91. The predicted molar refractivity (Wildman–Crippen MR) is 79.3 cm³/mol. The first-order valence-corrected chi connectivity index (χ1v) is 7.71. The van der Waals surface area contributed by atoms with Gasteiger partial charge in [-0.05, 0) is 44.2 Å². The van der Waals surface area contributed by atoms with Gasteiger partial charge in [0.25, 0.3) is 0 Å². The molecule has 21 heavy (non-hydrogen) atoms. The standard InChI is InChI=1S/C18H21FO2/c1-12(2)17(20)21-18(13-6-3-4-7-13)11-10-14-15(18)8-5-9-16(14)19/h5,8-9,13H,1,3-4,6-7,10-11H2,2H3. The fraction of sp³-hybridized carbons (Fsp3) is 0.500. The highest BCUT2D eigenvalue weighted by atomic mass is 19.1. The third kappa shape index (κ3) is 2.29. The van der Waals surface area contributed by atoms with E-state index in [0.717, 1.165) is 36.8 Å². The number of rotatable bonds is 3. The molecule has 0 saturated heterocycles. The summed E-state index contributed by atoms with van der Waals surface area (Å²) >= 11 is 0. The first kappa shape index (κ1) is 14.3. The van der Waals surface area contributed by atoms with Crippen molar-refractivity contribution in [2.24, 2.45) is 5.92 Å². The molecule has 0 spiro atoms. The van der Waals surface area contributed by atoms with E-state index in [1.807, 2.05) is 6.07 Å². The van der Waals surface area contributed by atoms with Crippen molar-refractivity contribution in [2.75, 3.05) is 0 Å². The number of esters is 1. The van der Waals surface area contributed by atoms with E-state index < -0.39 is 5.60 Å². The highest BCUT2D eigenvalue weighted by Crippen LogP contribution is 2.51. The Bertz CT molecular complexity index is 587. The zero-order valence-electron chi connectivity index (χ0n) is 12.5. The molecule has 1 aromatic carbocycles. The van der Waals surface area contributed by atoms with E-state index in [4.69, 9.17) is 4.74 Å². The first-order valence-electron chi connectivity index (χ1n) is 7.71. The number of carbonyl (C=O) groups is 1. The van der Waals surface area contributed by atoms with Crippen molar-refractivity contribution in [1.82, 2.24) is 0 Å². The maximum absolute atomic E-state index is 14.1. The molecule has 2 nitrogen and oxygen atoms in total. The van der Waals surface area contributed by atoms with Gasteiger partial charge in [0.1, 0.15) is 11.4 Å². The van der Waals surface area contributed by atoms with Gasteiger partial charge in [-0.3, -0.25) is 0 Å². The minimum absolute atomic E-state index is 0.182. The SMILES string of the molecule is C=C(C)C(=O)OC1(C2CCCC2)CCc2c(F)cccc21. The summed E-state index contributed by atoms with van der Waals surface area (Å²) in [4.78, 5) is 12.1. The molecule has 1 fully saturated rings. The summed E-state index contributed by atoms with van der Waals surface area (Å²) in [6, 6.07) is 5.14. The Morgan fingerprint density at radius 3 is 2.76 bits per heavy atom. The molecule has 0 N–H and O–H groups in total. The van der Waals surface area contributed by atoms with Crippen LogP contribution in [0.1, 0.15) is 50.2 Å². The molecule has 0 amide bonds. The largest absolute Gasteiger partial charge is 0.451 e. The molecule has 2 aliphatic rings. The van der Waals surface area contributed by atoms with Crippen LogP contribution in [-0.4, -0.2) is 5.97 Å². The molecule has 2 aliphatic carbocycles. The van der Waals surface area contributed by atoms with E-state index in [1.165, 1.54) is 6.07 Å². The first-order chi connectivity index (χ1) is 10.0. The lowest BCUT2D eigenvalue weighted by Crippen LogP contribution is -2.37. The highest BCUT2D eigenvalue weighted by molar-refractivity contribution is 5.87. The summed E-state index contributed by atoms with van der Waals surface area (Å²) < 4.78 is 20.0. The number of fused-ring (bicyclic) bond motifs is 1. The summed E-state index contributed by atoms with van der Waals surface area (Å²) in [7, 11) is 0. The number of hydrogen-bond donors (Lipinski definition) is 0. The van der Waals surface area contributed by atoms with Gasteiger partial charge in [0, 0.05) is 17.1 Å². The zero-order valence-corrected chi connectivity index (χ0v) is 12.5. The molecule has 1 atom stereocenters. The van der Waals surface area contributed by atoms with E-state index in [-0.39, 0.29) is 11.8 Å². The normalized spacial score (nSPS) is 24.9. The fourth-order valence-corrected chi connectivity index (χ4v) is 3.91. The van der Waals surface area contributed by atoms with Crippen molar-refractivity contribution in [3.8, 4) is 0 Å². The van der Waals surface area contributed by atoms with Gasteiger partial charge in [0.2, 0.25) is 0 Å². The van der Waals surface area contributed by atoms with Gasteiger partial charge in [0.05, 0.1) is 0 Å². The Kier molecular flexibility index (Phi) is 3.60. The van der Waals surface area contributed by atoms with E-state index in [9.17, 15) is 9.18 Å². The average molecular weight is 288 g/mol. The number of ether oxygens (including phenoxy) is 1. The van der Waals surface area contributed by atoms with Gasteiger partial charge < -0.3 is 4.74 Å². The van der Waals surface area contributed by atoms with Crippen LogP contribution in [0.5, 0.6) is 0 Å². The minimum Gasteiger partial charge on any atom is -0.451 e. The average Bonchev–Trinajstić information content (AvgIpc) is 3.08. The molecule has 1 unspecified atom stereocenters. The van der Waals surface area contributed by atoms with Crippen LogP contribution < -0.4 is 0 Å². The second-order valence-electron chi connectivity index (χ2n) is 6.31. The van der Waals surface area contributed by atoms with Crippen LogP contribution in [0.15, 0.2) is 30.4 Å². The Morgan fingerprint density at radius 1 is 1.38 bits per heavy atom. The Morgan fingerprint density at radius 2 is 2.10 bits per heavy atom. The van der Waals surface area contributed by atoms with Crippen molar-refractivity contribution in [2.45, 2.75) is 51.0 Å². The topological polar surface area (TPSA) is 26.3 Å². The van der Waals surface area contributed by atoms with Crippen LogP contribution in [0.3, 0.4) is 0 Å². The van der Waals surface area contributed by atoms with Gasteiger partial charge in [0.15, 0.2) is 0 Å².